The fraction of sp³-hybridized carbons (Fsp3) is 0.300. The highest BCUT2D eigenvalue weighted by Gasteiger charge is 2.29. The van der Waals surface area contributed by atoms with Gasteiger partial charge >= 0.3 is 0 Å². The first-order valence-corrected chi connectivity index (χ1v) is 8.77. The highest BCUT2D eigenvalue weighted by molar-refractivity contribution is 5.99. The summed E-state index contributed by atoms with van der Waals surface area (Å²) in [6.45, 7) is 4.17. The fourth-order valence-electron chi connectivity index (χ4n) is 3.47. The Hall–Kier alpha value is -3.04. The number of nitriles is 1. The number of ether oxygens (including phenoxy) is 1. The van der Waals surface area contributed by atoms with Crippen molar-refractivity contribution in [3.05, 3.63) is 53.6 Å². The first kappa shape index (κ1) is 16.4. The molecular weight excluding hydrogens is 328 g/mol. The average Bonchev–Trinajstić information content (AvgIpc) is 2.70. The normalized spacial score (nSPS) is 16.7. The topological polar surface area (TPSA) is 68.6 Å². The highest BCUT2D eigenvalue weighted by atomic mass is 16.5. The number of carbonyl (C=O) groups is 1. The van der Waals surface area contributed by atoms with Crippen LogP contribution in [-0.4, -0.2) is 38.7 Å². The van der Waals surface area contributed by atoms with Gasteiger partial charge in [0.2, 0.25) is 0 Å². The summed E-state index contributed by atoms with van der Waals surface area (Å²) in [5, 5.41) is 12.4. The van der Waals surface area contributed by atoms with Gasteiger partial charge in [0.1, 0.15) is 0 Å². The zero-order valence-electron chi connectivity index (χ0n) is 14.4. The number of benzene rings is 2. The summed E-state index contributed by atoms with van der Waals surface area (Å²) < 4.78 is 5.83. The predicted octanol–water partition coefficient (Wildman–Crippen LogP) is 1.89. The molecule has 2 aliphatic rings. The highest BCUT2D eigenvalue weighted by Crippen LogP contribution is 2.41. The zero-order chi connectivity index (χ0) is 17.9. The molecule has 0 atom stereocenters. The number of amides is 1. The number of carbonyl (C=O) groups excluding carboxylic acids is 1. The first-order valence-electron chi connectivity index (χ1n) is 8.77. The third-order valence-corrected chi connectivity index (χ3v) is 4.76. The van der Waals surface area contributed by atoms with Crippen LogP contribution in [-0.2, 0) is 11.3 Å². The van der Waals surface area contributed by atoms with E-state index >= 15 is 0 Å². The molecule has 1 saturated heterocycles. The van der Waals surface area contributed by atoms with E-state index in [9.17, 15) is 4.79 Å². The van der Waals surface area contributed by atoms with E-state index in [4.69, 9.17) is 10.00 Å². The molecule has 6 nitrogen and oxygen atoms in total. The molecule has 1 N–H and O–H groups in total. The van der Waals surface area contributed by atoms with Crippen LogP contribution in [0, 0.1) is 11.3 Å². The molecule has 1 amide bonds. The van der Waals surface area contributed by atoms with Gasteiger partial charge in [-0.2, -0.15) is 5.26 Å². The molecule has 6 heteroatoms. The van der Waals surface area contributed by atoms with E-state index in [1.165, 1.54) is 0 Å². The van der Waals surface area contributed by atoms with Gasteiger partial charge in [-0.3, -0.25) is 4.79 Å². The van der Waals surface area contributed by atoms with Crippen molar-refractivity contribution in [2.75, 3.05) is 42.6 Å². The monoisotopic (exact) mass is 348 g/mol. The van der Waals surface area contributed by atoms with E-state index in [0.717, 1.165) is 48.9 Å². The van der Waals surface area contributed by atoms with Gasteiger partial charge in [-0.15, -0.1) is 0 Å². The maximum Gasteiger partial charge on any atom is 0.265 e. The van der Waals surface area contributed by atoms with Crippen LogP contribution in [0.15, 0.2) is 42.5 Å². The van der Waals surface area contributed by atoms with Gasteiger partial charge in [-0.25, -0.2) is 0 Å². The summed E-state index contributed by atoms with van der Waals surface area (Å²) >= 11 is 0. The van der Waals surface area contributed by atoms with Crippen molar-refractivity contribution in [3.63, 3.8) is 0 Å². The van der Waals surface area contributed by atoms with E-state index in [1.54, 1.807) is 11.0 Å². The van der Waals surface area contributed by atoms with E-state index in [-0.39, 0.29) is 12.5 Å². The Labute approximate surface area is 152 Å². The van der Waals surface area contributed by atoms with Gasteiger partial charge in [0, 0.05) is 26.2 Å². The van der Waals surface area contributed by atoms with Crippen molar-refractivity contribution in [3.8, 4) is 11.8 Å². The number of piperazine rings is 1. The third-order valence-electron chi connectivity index (χ3n) is 4.76. The van der Waals surface area contributed by atoms with Gasteiger partial charge in [0.25, 0.3) is 5.91 Å². The van der Waals surface area contributed by atoms with Gasteiger partial charge in [0.05, 0.1) is 29.6 Å². The van der Waals surface area contributed by atoms with Crippen molar-refractivity contribution < 1.29 is 9.53 Å². The molecule has 26 heavy (non-hydrogen) atoms. The SMILES string of the molecule is N#Cc1cccc(CN2C(=O)COc3c(N4CCNCC4)cccc32)c1. The van der Waals surface area contributed by atoms with Crippen molar-refractivity contribution in [2.45, 2.75) is 6.54 Å². The van der Waals surface area contributed by atoms with Crippen LogP contribution < -0.4 is 19.9 Å². The Morgan fingerprint density at radius 3 is 2.69 bits per heavy atom. The lowest BCUT2D eigenvalue weighted by Crippen LogP contribution is -2.44. The average molecular weight is 348 g/mol. The van der Waals surface area contributed by atoms with Crippen LogP contribution in [0.25, 0.3) is 0 Å². The molecule has 2 heterocycles. The van der Waals surface area contributed by atoms with Crippen LogP contribution in [0.4, 0.5) is 11.4 Å². The molecule has 2 aliphatic heterocycles. The number of nitrogens with zero attached hydrogens (tertiary/aromatic N) is 3. The number of rotatable bonds is 3. The maximum atomic E-state index is 12.5. The Bertz CT molecular complexity index is 868. The van der Waals surface area contributed by atoms with Gasteiger partial charge < -0.3 is 19.9 Å². The minimum Gasteiger partial charge on any atom is -0.479 e. The molecule has 0 saturated carbocycles. The zero-order valence-corrected chi connectivity index (χ0v) is 14.4. The molecule has 0 spiro atoms. The Morgan fingerprint density at radius 1 is 1.12 bits per heavy atom. The standard InChI is InChI=1S/C20H20N4O2/c21-12-15-3-1-4-16(11-15)13-24-18-6-2-5-17(20(18)26-14-19(24)25)23-9-7-22-8-10-23/h1-6,11,22H,7-10,13-14H2. The Kier molecular flexibility index (Phi) is 4.46. The molecule has 2 aromatic rings. The summed E-state index contributed by atoms with van der Waals surface area (Å²) in [5.74, 6) is 0.697. The van der Waals surface area contributed by atoms with Gasteiger partial charge in [-0.1, -0.05) is 18.2 Å². The quantitative estimate of drug-likeness (QED) is 0.917. The van der Waals surface area contributed by atoms with Crippen LogP contribution in [0.3, 0.4) is 0 Å². The van der Waals surface area contributed by atoms with Crippen molar-refractivity contribution >= 4 is 17.3 Å². The summed E-state index contributed by atoms with van der Waals surface area (Å²) in [5.41, 5.74) is 3.35. The lowest BCUT2D eigenvalue weighted by Gasteiger charge is -2.35. The van der Waals surface area contributed by atoms with E-state index < -0.39 is 0 Å². The molecular formula is C20H20N4O2. The molecule has 0 bridgehead atoms. The molecule has 0 aromatic heterocycles. The van der Waals surface area contributed by atoms with Crippen molar-refractivity contribution in [1.29, 1.82) is 5.26 Å². The molecule has 0 aliphatic carbocycles. The predicted molar refractivity (Wildman–Crippen MR) is 99.4 cm³/mol. The molecule has 1 fully saturated rings. The van der Waals surface area contributed by atoms with Crippen molar-refractivity contribution in [2.24, 2.45) is 0 Å². The second-order valence-electron chi connectivity index (χ2n) is 6.44. The second kappa shape index (κ2) is 7.06. The summed E-state index contributed by atoms with van der Waals surface area (Å²) in [6, 6.07) is 15.5. The molecule has 0 radical (unpaired) electrons. The number of fused-ring (bicyclic) bond motifs is 1. The van der Waals surface area contributed by atoms with Crippen LogP contribution in [0.2, 0.25) is 0 Å². The molecule has 132 valence electrons. The fourth-order valence-corrected chi connectivity index (χ4v) is 3.47. The molecule has 4 rings (SSSR count). The number of para-hydroxylation sites is 1. The lowest BCUT2D eigenvalue weighted by molar-refractivity contribution is -0.121. The minimum atomic E-state index is -0.0719. The second-order valence-corrected chi connectivity index (χ2v) is 6.44. The smallest absolute Gasteiger partial charge is 0.265 e. The lowest BCUT2D eigenvalue weighted by atomic mass is 10.1. The van der Waals surface area contributed by atoms with Crippen LogP contribution >= 0.6 is 0 Å². The van der Waals surface area contributed by atoms with Gasteiger partial charge in [0.15, 0.2) is 12.4 Å². The summed E-state index contributed by atoms with van der Waals surface area (Å²) in [6.07, 6.45) is 0. The van der Waals surface area contributed by atoms with Crippen molar-refractivity contribution in [1.82, 2.24) is 5.32 Å². The number of anilines is 2. The van der Waals surface area contributed by atoms with Crippen LogP contribution in [0.5, 0.6) is 5.75 Å². The number of hydrogen-bond acceptors (Lipinski definition) is 5. The molecule has 0 unspecified atom stereocenters. The van der Waals surface area contributed by atoms with E-state index in [2.05, 4.69) is 22.4 Å². The van der Waals surface area contributed by atoms with E-state index in [1.807, 2.05) is 30.3 Å². The van der Waals surface area contributed by atoms with Gasteiger partial charge in [-0.05, 0) is 29.8 Å². The number of nitrogens with one attached hydrogen (secondary N) is 1. The minimum absolute atomic E-state index is 0.0358. The largest absolute Gasteiger partial charge is 0.479 e. The van der Waals surface area contributed by atoms with Crippen LogP contribution in [0.1, 0.15) is 11.1 Å². The number of hydrogen-bond donors (Lipinski definition) is 1. The third kappa shape index (κ3) is 3.09. The Morgan fingerprint density at radius 2 is 1.88 bits per heavy atom. The maximum absolute atomic E-state index is 12.5. The summed E-state index contributed by atoms with van der Waals surface area (Å²) in [4.78, 5) is 16.6. The summed E-state index contributed by atoms with van der Waals surface area (Å²) in [7, 11) is 0. The first-order chi connectivity index (χ1) is 12.8. The van der Waals surface area contributed by atoms with E-state index in [0.29, 0.717) is 12.1 Å². The Balaban J connectivity index is 1.67. The molecule has 2 aromatic carbocycles.